The molecule has 0 bridgehead atoms. The first-order chi connectivity index (χ1) is 10.2. The summed E-state index contributed by atoms with van der Waals surface area (Å²) in [5.41, 5.74) is 1.30. The zero-order valence-electron chi connectivity index (χ0n) is 10.9. The molecule has 5 nitrogen and oxygen atoms in total. The molecular weight excluding hydrogens is 293 g/mol. The summed E-state index contributed by atoms with van der Waals surface area (Å²) >= 11 is 5.78. The van der Waals surface area contributed by atoms with Gasteiger partial charge in [0.05, 0.1) is 5.02 Å². The topological polar surface area (TPSA) is 55.1 Å². The highest BCUT2D eigenvalue weighted by molar-refractivity contribution is 6.31. The molecule has 0 atom stereocenters. The van der Waals surface area contributed by atoms with Gasteiger partial charge in [0, 0.05) is 24.0 Å². The van der Waals surface area contributed by atoms with Gasteiger partial charge in [-0.3, -0.25) is 4.40 Å². The fourth-order valence-electron chi connectivity index (χ4n) is 2.26. The molecule has 0 radical (unpaired) electrons. The highest BCUT2D eigenvalue weighted by Crippen LogP contribution is 2.39. The first kappa shape index (κ1) is 12.5. The first-order valence-electron chi connectivity index (χ1n) is 6.64. The molecule has 2 aromatic heterocycles. The molecule has 1 fully saturated rings. The second-order valence-corrected chi connectivity index (χ2v) is 5.46. The Balaban J connectivity index is 1.74. The van der Waals surface area contributed by atoms with Crippen LogP contribution in [0.5, 0.6) is 0 Å². The van der Waals surface area contributed by atoms with E-state index in [1.807, 2.05) is 10.6 Å². The fraction of sp³-hybridized carbons (Fsp3) is 0.214. The Kier molecular flexibility index (Phi) is 2.78. The Labute approximate surface area is 124 Å². The maximum atomic E-state index is 13.2. The summed E-state index contributed by atoms with van der Waals surface area (Å²) in [6.45, 7) is 0. The van der Waals surface area contributed by atoms with Crippen molar-refractivity contribution in [3.05, 3.63) is 47.3 Å². The monoisotopic (exact) mass is 303 g/mol. The number of benzene rings is 1. The summed E-state index contributed by atoms with van der Waals surface area (Å²) in [5.74, 6) is 1.58. The summed E-state index contributed by atoms with van der Waals surface area (Å²) in [5, 5.41) is 11.6. The Morgan fingerprint density at radius 3 is 2.90 bits per heavy atom. The molecule has 0 aliphatic heterocycles. The minimum atomic E-state index is -0.452. The average Bonchev–Trinajstić information content (AvgIpc) is 3.23. The van der Waals surface area contributed by atoms with Gasteiger partial charge >= 0.3 is 0 Å². The number of nitrogens with one attached hydrogen (secondary N) is 1. The number of nitrogens with zero attached hydrogens (tertiary/aromatic N) is 4. The molecule has 106 valence electrons. The third-order valence-electron chi connectivity index (χ3n) is 3.48. The maximum Gasteiger partial charge on any atom is 0.204 e. The number of hydrogen-bond acceptors (Lipinski definition) is 4. The number of rotatable bonds is 3. The lowest BCUT2D eigenvalue weighted by molar-refractivity contribution is 0.628. The Bertz CT molecular complexity index is 827. The minimum absolute atomic E-state index is 0.0621. The van der Waals surface area contributed by atoms with Crippen LogP contribution in [-0.2, 0) is 0 Å². The largest absolute Gasteiger partial charge is 0.337 e. The second kappa shape index (κ2) is 4.66. The summed E-state index contributed by atoms with van der Waals surface area (Å²) in [4.78, 5) is 4.28. The van der Waals surface area contributed by atoms with Gasteiger partial charge < -0.3 is 5.32 Å². The van der Waals surface area contributed by atoms with Crippen molar-refractivity contribution in [2.24, 2.45) is 0 Å². The average molecular weight is 304 g/mol. The summed E-state index contributed by atoms with van der Waals surface area (Å²) in [7, 11) is 0. The molecule has 2 heterocycles. The van der Waals surface area contributed by atoms with Crippen LogP contribution in [0.1, 0.15) is 24.6 Å². The fourth-order valence-corrected chi connectivity index (χ4v) is 2.44. The number of hydrogen-bond donors (Lipinski definition) is 1. The zero-order chi connectivity index (χ0) is 14.4. The van der Waals surface area contributed by atoms with Crippen molar-refractivity contribution >= 4 is 28.8 Å². The van der Waals surface area contributed by atoms with Gasteiger partial charge in [0.15, 0.2) is 5.82 Å². The lowest BCUT2D eigenvalue weighted by Crippen LogP contribution is -1.99. The van der Waals surface area contributed by atoms with E-state index in [4.69, 9.17) is 11.6 Å². The first-order valence-corrected chi connectivity index (χ1v) is 7.02. The van der Waals surface area contributed by atoms with Crippen LogP contribution in [0.15, 0.2) is 30.6 Å². The predicted octanol–water partition coefficient (Wildman–Crippen LogP) is 3.54. The molecule has 7 heteroatoms. The molecular formula is C14H11ClFN5. The van der Waals surface area contributed by atoms with E-state index in [0.717, 1.165) is 18.7 Å². The second-order valence-electron chi connectivity index (χ2n) is 5.06. The summed E-state index contributed by atoms with van der Waals surface area (Å²) in [6, 6.07) is 4.43. The molecule has 0 unspecified atom stereocenters. The SMILES string of the molecule is Fc1ccc(Nc2nccn3c(C4CC4)nnc23)cc1Cl. The molecule has 0 amide bonds. The standard InChI is InChI=1S/C14H11ClFN5/c15-10-7-9(3-4-11(10)16)18-12-14-20-19-13(8-1-2-8)21(14)6-5-17-12/h3-8H,1-2H2,(H,17,18). The van der Waals surface area contributed by atoms with Crippen LogP contribution in [0.2, 0.25) is 5.02 Å². The number of fused-ring (bicyclic) bond motifs is 1. The van der Waals surface area contributed by atoms with Gasteiger partial charge in [0.2, 0.25) is 5.65 Å². The third-order valence-corrected chi connectivity index (χ3v) is 3.77. The van der Waals surface area contributed by atoms with Gasteiger partial charge in [-0.05, 0) is 31.0 Å². The highest BCUT2D eigenvalue weighted by Gasteiger charge is 2.29. The van der Waals surface area contributed by atoms with Crippen LogP contribution in [0.25, 0.3) is 5.65 Å². The summed E-state index contributed by atoms with van der Waals surface area (Å²) < 4.78 is 15.1. The number of halogens is 2. The van der Waals surface area contributed by atoms with Gasteiger partial charge in [0.25, 0.3) is 0 Å². The van der Waals surface area contributed by atoms with E-state index in [9.17, 15) is 4.39 Å². The normalized spacial score (nSPS) is 14.6. The van der Waals surface area contributed by atoms with Crippen molar-refractivity contribution in [2.75, 3.05) is 5.32 Å². The van der Waals surface area contributed by atoms with Crippen molar-refractivity contribution in [3.63, 3.8) is 0 Å². The van der Waals surface area contributed by atoms with Crippen molar-refractivity contribution in [1.29, 1.82) is 0 Å². The molecule has 0 saturated heterocycles. The zero-order valence-corrected chi connectivity index (χ0v) is 11.7. The lowest BCUT2D eigenvalue weighted by Gasteiger charge is -2.07. The van der Waals surface area contributed by atoms with Crippen molar-refractivity contribution in [2.45, 2.75) is 18.8 Å². The minimum Gasteiger partial charge on any atom is -0.337 e. The maximum absolute atomic E-state index is 13.2. The molecule has 3 aromatic rings. The number of anilines is 2. The molecule has 1 aliphatic rings. The molecule has 0 spiro atoms. The van der Waals surface area contributed by atoms with Gasteiger partial charge in [-0.15, -0.1) is 10.2 Å². The van der Waals surface area contributed by atoms with Gasteiger partial charge in [-0.1, -0.05) is 11.6 Å². The van der Waals surface area contributed by atoms with Crippen LogP contribution in [0.3, 0.4) is 0 Å². The lowest BCUT2D eigenvalue weighted by atomic mass is 10.3. The smallest absolute Gasteiger partial charge is 0.204 e. The van der Waals surface area contributed by atoms with Crippen molar-refractivity contribution in [1.82, 2.24) is 19.6 Å². The van der Waals surface area contributed by atoms with Crippen molar-refractivity contribution < 1.29 is 4.39 Å². The van der Waals surface area contributed by atoms with E-state index in [2.05, 4.69) is 20.5 Å². The van der Waals surface area contributed by atoms with Crippen LogP contribution >= 0.6 is 11.6 Å². The van der Waals surface area contributed by atoms with E-state index >= 15 is 0 Å². The molecule has 4 rings (SSSR count). The highest BCUT2D eigenvalue weighted by atomic mass is 35.5. The molecule has 1 N–H and O–H groups in total. The van der Waals surface area contributed by atoms with E-state index in [1.54, 1.807) is 12.3 Å². The van der Waals surface area contributed by atoms with E-state index < -0.39 is 5.82 Å². The van der Waals surface area contributed by atoms with E-state index in [1.165, 1.54) is 12.1 Å². The van der Waals surface area contributed by atoms with E-state index in [0.29, 0.717) is 23.1 Å². The quantitative estimate of drug-likeness (QED) is 0.804. The number of aromatic nitrogens is 4. The van der Waals surface area contributed by atoms with Gasteiger partial charge in [0.1, 0.15) is 11.6 Å². The third kappa shape index (κ3) is 2.21. The predicted molar refractivity (Wildman–Crippen MR) is 77.4 cm³/mol. The van der Waals surface area contributed by atoms with Crippen LogP contribution in [0.4, 0.5) is 15.9 Å². The Morgan fingerprint density at radius 1 is 1.29 bits per heavy atom. The molecule has 21 heavy (non-hydrogen) atoms. The van der Waals surface area contributed by atoms with Crippen LogP contribution < -0.4 is 5.32 Å². The van der Waals surface area contributed by atoms with Gasteiger partial charge in [-0.2, -0.15) is 0 Å². The van der Waals surface area contributed by atoms with E-state index in [-0.39, 0.29) is 5.02 Å². The Hall–Kier alpha value is -2.21. The van der Waals surface area contributed by atoms with Gasteiger partial charge in [-0.25, -0.2) is 9.37 Å². The molecule has 1 saturated carbocycles. The van der Waals surface area contributed by atoms with Crippen LogP contribution in [-0.4, -0.2) is 19.6 Å². The Morgan fingerprint density at radius 2 is 2.14 bits per heavy atom. The molecule has 1 aliphatic carbocycles. The molecule has 1 aromatic carbocycles. The van der Waals surface area contributed by atoms with Crippen LogP contribution in [0, 0.1) is 5.82 Å². The van der Waals surface area contributed by atoms with Crippen molar-refractivity contribution in [3.8, 4) is 0 Å². The summed E-state index contributed by atoms with van der Waals surface area (Å²) in [6.07, 6.45) is 5.85.